The van der Waals surface area contributed by atoms with Gasteiger partial charge < -0.3 is 14.8 Å². The fraction of sp³-hybridized carbons (Fsp3) is 0.120. The van der Waals surface area contributed by atoms with E-state index in [0.717, 1.165) is 16.0 Å². The first kappa shape index (κ1) is 23.8. The van der Waals surface area contributed by atoms with E-state index in [9.17, 15) is 22.4 Å². The Labute approximate surface area is 197 Å². The molecular formula is C25H19F4N3O3. The summed E-state index contributed by atoms with van der Waals surface area (Å²) in [5.41, 5.74) is 0.784. The average molecular weight is 485 g/mol. The number of rotatable bonds is 8. The van der Waals surface area contributed by atoms with E-state index in [1.165, 1.54) is 12.4 Å². The molecule has 0 atom stereocenters. The van der Waals surface area contributed by atoms with Gasteiger partial charge in [0.05, 0.1) is 25.5 Å². The number of hydrogen-bond acceptors (Lipinski definition) is 4. The average Bonchev–Trinajstić information content (AvgIpc) is 3.31. The molecule has 1 N–H and O–H groups in total. The molecular weight excluding hydrogens is 466 g/mol. The highest BCUT2D eigenvalue weighted by molar-refractivity contribution is 6.04. The van der Waals surface area contributed by atoms with Crippen LogP contribution in [0.5, 0.6) is 11.5 Å². The molecule has 0 aliphatic heterocycles. The number of carbonyl (C=O) groups excluding carboxylic acids is 1. The number of nitrogens with zero attached hydrogens (tertiary/aromatic N) is 2. The van der Waals surface area contributed by atoms with Crippen LogP contribution in [-0.2, 0) is 13.2 Å². The smallest absolute Gasteiger partial charge is 0.255 e. The van der Waals surface area contributed by atoms with Gasteiger partial charge in [0.15, 0.2) is 17.5 Å². The Hall–Kier alpha value is -4.34. The third-order valence-corrected chi connectivity index (χ3v) is 5.10. The summed E-state index contributed by atoms with van der Waals surface area (Å²) in [6.45, 7) is -0.189. The highest BCUT2D eigenvalue weighted by Crippen LogP contribution is 2.21. The van der Waals surface area contributed by atoms with E-state index in [2.05, 4.69) is 10.4 Å². The first-order valence-corrected chi connectivity index (χ1v) is 10.4. The van der Waals surface area contributed by atoms with Crippen LogP contribution in [0.15, 0.2) is 67.0 Å². The fourth-order valence-corrected chi connectivity index (χ4v) is 3.22. The summed E-state index contributed by atoms with van der Waals surface area (Å²) in [5.74, 6) is -5.28. The molecule has 6 nitrogen and oxygen atoms in total. The van der Waals surface area contributed by atoms with Crippen LogP contribution in [0.3, 0.4) is 0 Å². The normalized spacial score (nSPS) is 10.8. The van der Waals surface area contributed by atoms with Gasteiger partial charge in [0, 0.05) is 23.4 Å². The van der Waals surface area contributed by atoms with Crippen LogP contribution in [0.25, 0.3) is 0 Å². The zero-order chi connectivity index (χ0) is 24.9. The molecule has 0 bridgehead atoms. The van der Waals surface area contributed by atoms with Gasteiger partial charge in [0.2, 0.25) is 0 Å². The maximum Gasteiger partial charge on any atom is 0.255 e. The molecule has 0 aliphatic rings. The maximum absolute atomic E-state index is 13.9. The van der Waals surface area contributed by atoms with Gasteiger partial charge in [-0.15, -0.1) is 0 Å². The van der Waals surface area contributed by atoms with Gasteiger partial charge in [-0.3, -0.25) is 9.48 Å². The topological polar surface area (TPSA) is 65.4 Å². The van der Waals surface area contributed by atoms with Crippen molar-refractivity contribution in [2.75, 3.05) is 12.4 Å². The molecule has 0 unspecified atom stereocenters. The molecule has 0 saturated carbocycles. The minimum atomic E-state index is -1.76. The van der Waals surface area contributed by atoms with Crippen LogP contribution in [0.1, 0.15) is 21.5 Å². The van der Waals surface area contributed by atoms with Gasteiger partial charge in [0.25, 0.3) is 5.91 Å². The highest BCUT2D eigenvalue weighted by Gasteiger charge is 2.19. The Kier molecular flexibility index (Phi) is 7.00. The molecule has 4 aromatic rings. The van der Waals surface area contributed by atoms with E-state index in [1.54, 1.807) is 55.6 Å². The molecule has 1 aromatic heterocycles. The first-order valence-electron chi connectivity index (χ1n) is 10.4. The zero-order valence-electron chi connectivity index (χ0n) is 18.4. The van der Waals surface area contributed by atoms with Crippen molar-refractivity contribution in [3.63, 3.8) is 0 Å². The summed E-state index contributed by atoms with van der Waals surface area (Å²) >= 11 is 0. The van der Waals surface area contributed by atoms with Crippen molar-refractivity contribution in [3.05, 3.63) is 107 Å². The maximum atomic E-state index is 13.9. The number of ether oxygens (including phenoxy) is 2. The Morgan fingerprint density at radius 2 is 1.63 bits per heavy atom. The lowest BCUT2D eigenvalue weighted by atomic mass is 10.1. The quantitative estimate of drug-likeness (QED) is 0.208. The van der Waals surface area contributed by atoms with Crippen molar-refractivity contribution in [2.24, 2.45) is 0 Å². The highest BCUT2D eigenvalue weighted by atomic mass is 19.2. The number of carbonyl (C=O) groups is 1. The second kappa shape index (κ2) is 10.3. The van der Waals surface area contributed by atoms with E-state index >= 15 is 0 Å². The molecule has 180 valence electrons. The van der Waals surface area contributed by atoms with Crippen LogP contribution in [0.4, 0.5) is 23.2 Å². The number of aromatic nitrogens is 2. The first-order chi connectivity index (χ1) is 16.8. The summed E-state index contributed by atoms with van der Waals surface area (Å²) in [7, 11) is 1.58. The van der Waals surface area contributed by atoms with Gasteiger partial charge >= 0.3 is 0 Å². The van der Waals surface area contributed by atoms with E-state index < -0.39 is 41.3 Å². The van der Waals surface area contributed by atoms with Crippen LogP contribution < -0.4 is 14.8 Å². The van der Waals surface area contributed by atoms with E-state index in [4.69, 9.17) is 9.47 Å². The minimum absolute atomic E-state index is 0.255. The van der Waals surface area contributed by atoms with Gasteiger partial charge in [0.1, 0.15) is 23.9 Å². The number of amides is 1. The van der Waals surface area contributed by atoms with Crippen molar-refractivity contribution >= 4 is 11.6 Å². The Balaban J connectivity index is 1.35. The van der Waals surface area contributed by atoms with Crippen LogP contribution >= 0.6 is 0 Å². The Morgan fingerprint density at radius 1 is 0.943 bits per heavy atom. The SMILES string of the molecule is COc1ccc(OCc2ccc(C(=O)Nc3cnn(Cc4c(F)cc(F)c(F)c4F)c3)cc2)cc1. The third-order valence-electron chi connectivity index (χ3n) is 5.10. The van der Waals surface area contributed by atoms with Crippen LogP contribution in [0.2, 0.25) is 0 Å². The number of nitrogens with one attached hydrogen (secondary N) is 1. The fourth-order valence-electron chi connectivity index (χ4n) is 3.22. The minimum Gasteiger partial charge on any atom is -0.497 e. The van der Waals surface area contributed by atoms with E-state index in [-0.39, 0.29) is 11.8 Å². The predicted molar refractivity (Wildman–Crippen MR) is 119 cm³/mol. The third kappa shape index (κ3) is 5.60. The van der Waals surface area contributed by atoms with Gasteiger partial charge in [-0.1, -0.05) is 12.1 Å². The number of anilines is 1. The molecule has 0 radical (unpaired) electrons. The van der Waals surface area contributed by atoms with Crippen LogP contribution in [-0.4, -0.2) is 22.8 Å². The van der Waals surface area contributed by atoms with Crippen molar-refractivity contribution < 1.29 is 31.8 Å². The monoisotopic (exact) mass is 485 g/mol. The number of hydrogen-bond donors (Lipinski definition) is 1. The number of halogens is 4. The Morgan fingerprint density at radius 3 is 2.31 bits per heavy atom. The van der Waals surface area contributed by atoms with Crippen molar-refractivity contribution in [3.8, 4) is 11.5 Å². The molecule has 4 rings (SSSR count). The summed E-state index contributed by atoms with van der Waals surface area (Å²) in [6.07, 6.45) is 2.58. The lowest BCUT2D eigenvalue weighted by molar-refractivity contribution is 0.102. The predicted octanol–water partition coefficient (Wildman–Crippen LogP) is 5.33. The Bertz CT molecular complexity index is 1340. The molecule has 1 heterocycles. The molecule has 0 fully saturated rings. The molecule has 0 spiro atoms. The van der Waals surface area contributed by atoms with Gasteiger partial charge in [-0.25, -0.2) is 17.6 Å². The summed E-state index contributed by atoms with van der Waals surface area (Å²) in [6, 6.07) is 14.2. The second-order valence-corrected chi connectivity index (χ2v) is 7.49. The molecule has 1 amide bonds. The molecule has 10 heteroatoms. The molecule has 35 heavy (non-hydrogen) atoms. The van der Waals surface area contributed by atoms with E-state index in [0.29, 0.717) is 17.9 Å². The largest absolute Gasteiger partial charge is 0.497 e. The summed E-state index contributed by atoms with van der Waals surface area (Å²) < 4.78 is 66.2. The molecule has 0 aliphatic carbocycles. The lowest BCUT2D eigenvalue weighted by Crippen LogP contribution is -2.12. The van der Waals surface area contributed by atoms with Gasteiger partial charge in [-0.2, -0.15) is 5.10 Å². The lowest BCUT2D eigenvalue weighted by Gasteiger charge is -2.08. The van der Waals surface area contributed by atoms with E-state index in [1.807, 2.05) is 0 Å². The second-order valence-electron chi connectivity index (χ2n) is 7.49. The summed E-state index contributed by atoms with van der Waals surface area (Å²) in [4.78, 5) is 12.5. The molecule has 0 saturated heterocycles. The molecule has 3 aromatic carbocycles. The van der Waals surface area contributed by atoms with Crippen molar-refractivity contribution in [2.45, 2.75) is 13.2 Å². The standard InChI is InChI=1S/C25H19F4N3O3/c1-34-18-6-8-19(9-7-18)35-14-15-2-4-16(5-3-15)25(33)31-17-11-30-32(12-17)13-20-21(26)10-22(27)24(29)23(20)28/h2-12H,13-14H2,1H3,(H,31,33). The van der Waals surface area contributed by atoms with Crippen LogP contribution in [0, 0.1) is 23.3 Å². The number of methoxy groups -OCH3 is 1. The van der Waals surface area contributed by atoms with Crippen molar-refractivity contribution in [1.82, 2.24) is 9.78 Å². The summed E-state index contributed by atoms with van der Waals surface area (Å²) in [5, 5.41) is 6.51. The zero-order valence-corrected chi connectivity index (χ0v) is 18.4. The van der Waals surface area contributed by atoms with Gasteiger partial charge in [-0.05, 0) is 42.0 Å². The number of benzene rings is 3. The van der Waals surface area contributed by atoms with Crippen molar-refractivity contribution in [1.29, 1.82) is 0 Å².